The van der Waals surface area contributed by atoms with Crippen LogP contribution in [0.4, 0.5) is 0 Å². The monoisotopic (exact) mass is 164 g/mol. The second-order valence-electron chi connectivity index (χ2n) is 2.89. The summed E-state index contributed by atoms with van der Waals surface area (Å²) in [7, 11) is 0. The Morgan fingerprint density at radius 3 is 3.17 bits per heavy atom. The van der Waals surface area contributed by atoms with Gasteiger partial charge in [0.25, 0.3) is 0 Å². The molecule has 0 N–H and O–H groups in total. The maximum Gasteiger partial charge on any atom is 0.219 e. The van der Waals surface area contributed by atoms with E-state index in [0.717, 1.165) is 18.7 Å². The zero-order valence-corrected chi connectivity index (χ0v) is 7.21. The highest BCUT2D eigenvalue weighted by atomic mass is 16.5. The van der Waals surface area contributed by atoms with Gasteiger partial charge in [-0.15, -0.1) is 0 Å². The first-order valence-corrected chi connectivity index (χ1v) is 4.37. The molecule has 1 aromatic heterocycles. The van der Waals surface area contributed by atoms with E-state index < -0.39 is 0 Å². The first-order valence-electron chi connectivity index (χ1n) is 4.37. The van der Waals surface area contributed by atoms with E-state index >= 15 is 0 Å². The van der Waals surface area contributed by atoms with Gasteiger partial charge in [0, 0.05) is 5.56 Å². The molecule has 0 atom stereocenters. The lowest BCUT2D eigenvalue weighted by Gasteiger charge is -2.05. The minimum Gasteiger partial charge on any atom is -0.478 e. The van der Waals surface area contributed by atoms with Crippen LogP contribution in [0.5, 0.6) is 5.88 Å². The number of fused-ring (bicyclic) bond motifs is 1. The third kappa shape index (κ3) is 1.15. The Morgan fingerprint density at radius 1 is 1.42 bits per heavy atom. The van der Waals surface area contributed by atoms with Crippen molar-refractivity contribution in [2.75, 3.05) is 6.61 Å². The van der Waals surface area contributed by atoms with Crippen LogP contribution in [0.15, 0.2) is 6.33 Å². The molecule has 0 bridgehead atoms. The van der Waals surface area contributed by atoms with Crippen molar-refractivity contribution in [1.29, 1.82) is 0 Å². The number of ether oxygens (including phenoxy) is 1. The predicted molar refractivity (Wildman–Crippen MR) is 45.2 cm³/mol. The standard InChI is InChI=1S/C9H12N2O/c1-2-12-9-7-4-3-5-8(7)10-6-11-9/h6H,2-5H2,1H3. The van der Waals surface area contributed by atoms with Gasteiger partial charge in [0.1, 0.15) is 6.33 Å². The molecule has 0 aromatic carbocycles. The lowest BCUT2D eigenvalue weighted by atomic mass is 10.2. The highest BCUT2D eigenvalue weighted by Crippen LogP contribution is 2.26. The summed E-state index contributed by atoms with van der Waals surface area (Å²) in [6, 6.07) is 0. The number of nitrogens with zero attached hydrogens (tertiary/aromatic N) is 2. The molecule has 0 spiro atoms. The molecule has 0 fully saturated rings. The molecule has 1 heterocycles. The van der Waals surface area contributed by atoms with Crippen LogP contribution in [0.25, 0.3) is 0 Å². The Hall–Kier alpha value is -1.12. The van der Waals surface area contributed by atoms with Crippen molar-refractivity contribution in [1.82, 2.24) is 9.97 Å². The molecule has 3 nitrogen and oxygen atoms in total. The fourth-order valence-electron chi connectivity index (χ4n) is 1.59. The topological polar surface area (TPSA) is 35.0 Å². The Bertz CT molecular complexity index is 286. The van der Waals surface area contributed by atoms with Crippen LogP contribution in [0.1, 0.15) is 24.6 Å². The summed E-state index contributed by atoms with van der Waals surface area (Å²) in [5, 5.41) is 0. The maximum atomic E-state index is 5.40. The van der Waals surface area contributed by atoms with E-state index in [1.54, 1.807) is 6.33 Å². The van der Waals surface area contributed by atoms with Gasteiger partial charge in [-0.2, -0.15) is 0 Å². The SMILES string of the molecule is CCOc1ncnc2c1CCC2. The summed E-state index contributed by atoms with van der Waals surface area (Å²) in [4.78, 5) is 8.32. The second kappa shape index (κ2) is 3.09. The van der Waals surface area contributed by atoms with Crippen molar-refractivity contribution in [3.8, 4) is 5.88 Å². The largest absolute Gasteiger partial charge is 0.478 e. The highest BCUT2D eigenvalue weighted by molar-refractivity contribution is 5.33. The smallest absolute Gasteiger partial charge is 0.219 e. The summed E-state index contributed by atoms with van der Waals surface area (Å²) in [5.41, 5.74) is 2.40. The number of hydrogen-bond acceptors (Lipinski definition) is 3. The van der Waals surface area contributed by atoms with Crippen LogP contribution in [-0.2, 0) is 12.8 Å². The number of aromatic nitrogens is 2. The van der Waals surface area contributed by atoms with Gasteiger partial charge >= 0.3 is 0 Å². The molecule has 12 heavy (non-hydrogen) atoms. The van der Waals surface area contributed by atoms with Crippen molar-refractivity contribution in [2.45, 2.75) is 26.2 Å². The zero-order chi connectivity index (χ0) is 8.39. The minimum absolute atomic E-state index is 0.684. The zero-order valence-electron chi connectivity index (χ0n) is 7.21. The van der Waals surface area contributed by atoms with E-state index in [1.807, 2.05) is 6.92 Å². The van der Waals surface area contributed by atoms with Crippen LogP contribution in [0.2, 0.25) is 0 Å². The number of hydrogen-bond donors (Lipinski definition) is 0. The molecule has 0 unspecified atom stereocenters. The van der Waals surface area contributed by atoms with E-state index in [9.17, 15) is 0 Å². The molecular weight excluding hydrogens is 152 g/mol. The summed E-state index contributed by atoms with van der Waals surface area (Å²) in [6.45, 7) is 2.66. The summed E-state index contributed by atoms with van der Waals surface area (Å²) in [5.74, 6) is 0.792. The van der Waals surface area contributed by atoms with Gasteiger partial charge in [-0.3, -0.25) is 0 Å². The molecule has 2 rings (SSSR count). The molecule has 0 radical (unpaired) electrons. The molecule has 1 aromatic rings. The Labute approximate surface area is 71.8 Å². The molecule has 3 heteroatoms. The second-order valence-corrected chi connectivity index (χ2v) is 2.89. The summed E-state index contributed by atoms with van der Waals surface area (Å²) < 4.78 is 5.40. The molecule has 0 aliphatic heterocycles. The lowest BCUT2D eigenvalue weighted by Crippen LogP contribution is -2.00. The number of rotatable bonds is 2. The van der Waals surface area contributed by atoms with Crippen LogP contribution in [0, 0.1) is 0 Å². The third-order valence-electron chi connectivity index (χ3n) is 2.12. The van der Waals surface area contributed by atoms with E-state index in [4.69, 9.17) is 4.74 Å². The molecule has 0 saturated carbocycles. The Balaban J connectivity index is 2.36. The van der Waals surface area contributed by atoms with E-state index in [0.29, 0.717) is 6.61 Å². The van der Waals surface area contributed by atoms with Crippen molar-refractivity contribution in [3.05, 3.63) is 17.6 Å². The first kappa shape index (κ1) is 7.53. The first-order chi connectivity index (χ1) is 5.92. The molecule has 1 aliphatic carbocycles. The fourth-order valence-corrected chi connectivity index (χ4v) is 1.59. The lowest BCUT2D eigenvalue weighted by molar-refractivity contribution is 0.322. The molecule has 64 valence electrons. The normalized spacial score (nSPS) is 14.4. The minimum atomic E-state index is 0.684. The Morgan fingerprint density at radius 2 is 2.33 bits per heavy atom. The third-order valence-corrected chi connectivity index (χ3v) is 2.12. The molecule has 0 amide bonds. The van der Waals surface area contributed by atoms with Gasteiger partial charge in [-0.05, 0) is 26.2 Å². The van der Waals surface area contributed by atoms with E-state index in [1.165, 1.54) is 17.7 Å². The van der Waals surface area contributed by atoms with Crippen LogP contribution in [0.3, 0.4) is 0 Å². The maximum absolute atomic E-state index is 5.40. The molecule has 0 saturated heterocycles. The van der Waals surface area contributed by atoms with Crippen LogP contribution < -0.4 is 4.74 Å². The summed E-state index contributed by atoms with van der Waals surface area (Å²) >= 11 is 0. The predicted octanol–water partition coefficient (Wildman–Crippen LogP) is 1.36. The van der Waals surface area contributed by atoms with Crippen molar-refractivity contribution in [2.24, 2.45) is 0 Å². The van der Waals surface area contributed by atoms with Crippen molar-refractivity contribution in [3.63, 3.8) is 0 Å². The summed E-state index contributed by atoms with van der Waals surface area (Å²) in [6.07, 6.45) is 4.94. The Kier molecular flexibility index (Phi) is 1.94. The van der Waals surface area contributed by atoms with Crippen LogP contribution in [-0.4, -0.2) is 16.6 Å². The fraction of sp³-hybridized carbons (Fsp3) is 0.556. The van der Waals surface area contributed by atoms with Gasteiger partial charge in [0.05, 0.1) is 12.3 Å². The average Bonchev–Trinajstić information content (AvgIpc) is 2.53. The van der Waals surface area contributed by atoms with Gasteiger partial charge < -0.3 is 4.74 Å². The number of aryl methyl sites for hydroxylation is 1. The van der Waals surface area contributed by atoms with Gasteiger partial charge in [-0.1, -0.05) is 0 Å². The molecular formula is C9H12N2O. The van der Waals surface area contributed by atoms with E-state index in [2.05, 4.69) is 9.97 Å². The van der Waals surface area contributed by atoms with E-state index in [-0.39, 0.29) is 0 Å². The van der Waals surface area contributed by atoms with Gasteiger partial charge in [0.2, 0.25) is 5.88 Å². The van der Waals surface area contributed by atoms with Gasteiger partial charge in [-0.25, -0.2) is 9.97 Å². The van der Waals surface area contributed by atoms with Crippen molar-refractivity contribution >= 4 is 0 Å². The molecule has 1 aliphatic rings. The quantitative estimate of drug-likeness (QED) is 0.662. The van der Waals surface area contributed by atoms with Crippen molar-refractivity contribution < 1.29 is 4.74 Å². The van der Waals surface area contributed by atoms with Crippen LogP contribution >= 0.6 is 0 Å². The highest BCUT2D eigenvalue weighted by Gasteiger charge is 2.17. The average molecular weight is 164 g/mol. The van der Waals surface area contributed by atoms with Gasteiger partial charge in [0.15, 0.2) is 0 Å².